The molecule has 3 aromatic rings. The maximum atomic E-state index is 13.0. The second-order valence-electron chi connectivity index (χ2n) is 8.08. The minimum absolute atomic E-state index is 0.0276. The molecule has 0 saturated carbocycles. The van der Waals surface area contributed by atoms with Gasteiger partial charge in [0.25, 0.3) is 11.1 Å². The van der Waals surface area contributed by atoms with Gasteiger partial charge in [-0.15, -0.1) is 0 Å². The lowest BCUT2D eigenvalue weighted by Gasteiger charge is -2.15. The molecule has 2 heterocycles. The average molecular weight is 616 g/mol. The van der Waals surface area contributed by atoms with Crippen LogP contribution in [0.1, 0.15) is 44.7 Å². The first-order valence-corrected chi connectivity index (χ1v) is 13.1. The maximum absolute atomic E-state index is 13.0. The summed E-state index contributed by atoms with van der Waals surface area (Å²) in [5, 5.41) is 8.73. The normalized spacial score (nSPS) is 14.1. The molecule has 0 aliphatic carbocycles. The van der Waals surface area contributed by atoms with Crippen molar-refractivity contribution in [2.75, 3.05) is 13.7 Å². The van der Waals surface area contributed by atoms with Crippen LogP contribution in [0.4, 0.5) is 4.79 Å². The second kappa shape index (κ2) is 12.2. The predicted molar refractivity (Wildman–Crippen MR) is 145 cm³/mol. The van der Waals surface area contributed by atoms with Gasteiger partial charge in [0, 0.05) is 0 Å². The van der Waals surface area contributed by atoms with Crippen LogP contribution < -0.4 is 9.47 Å². The van der Waals surface area contributed by atoms with E-state index in [-0.39, 0.29) is 35.1 Å². The summed E-state index contributed by atoms with van der Waals surface area (Å²) in [4.78, 5) is 49.6. The first kappa shape index (κ1) is 28.0. The van der Waals surface area contributed by atoms with E-state index in [4.69, 9.17) is 13.9 Å². The summed E-state index contributed by atoms with van der Waals surface area (Å²) in [6.07, 6.45) is 1.57. The zero-order valence-electron chi connectivity index (χ0n) is 20.8. The molecule has 1 aliphatic rings. The van der Waals surface area contributed by atoms with Gasteiger partial charge in [0.1, 0.15) is 12.4 Å². The molecule has 1 aromatic heterocycles. The monoisotopic (exact) mass is 615 g/mol. The highest BCUT2D eigenvalue weighted by Crippen LogP contribution is 2.40. The molecule has 202 valence electrons. The number of imide groups is 1. The Kier molecular flexibility index (Phi) is 8.77. The molecule has 10 nitrogen and oxygen atoms in total. The molecule has 0 bridgehead atoms. The van der Waals surface area contributed by atoms with Gasteiger partial charge in [-0.25, -0.2) is 9.59 Å². The van der Waals surface area contributed by atoms with Gasteiger partial charge in [0.15, 0.2) is 11.5 Å². The Morgan fingerprint density at radius 1 is 1.13 bits per heavy atom. The molecule has 39 heavy (non-hydrogen) atoms. The van der Waals surface area contributed by atoms with E-state index in [1.807, 2.05) is 6.92 Å². The Labute approximate surface area is 235 Å². The fraction of sp³-hybridized carbons (Fsp3) is 0.185. The summed E-state index contributed by atoms with van der Waals surface area (Å²) in [5.41, 5.74) is 1.40. The van der Waals surface area contributed by atoms with Crippen LogP contribution in [0.5, 0.6) is 11.5 Å². The lowest BCUT2D eigenvalue weighted by atomic mass is 10.1. The van der Waals surface area contributed by atoms with Gasteiger partial charge in [-0.1, -0.05) is 12.1 Å². The summed E-state index contributed by atoms with van der Waals surface area (Å²) in [6, 6.07) is 12.7. The fourth-order valence-electron chi connectivity index (χ4n) is 3.64. The first-order chi connectivity index (χ1) is 18.7. The number of ether oxygens (including phenoxy) is 3. The number of rotatable bonds is 10. The summed E-state index contributed by atoms with van der Waals surface area (Å²) in [7, 11) is 1.22. The van der Waals surface area contributed by atoms with Crippen molar-refractivity contribution in [2.24, 2.45) is 0 Å². The Bertz CT molecular complexity index is 1480. The van der Waals surface area contributed by atoms with Crippen molar-refractivity contribution in [1.82, 2.24) is 4.90 Å². The number of carboxylic acids is 1. The largest absolute Gasteiger partial charge is 0.490 e. The van der Waals surface area contributed by atoms with Crippen LogP contribution in [0.15, 0.2) is 62.3 Å². The number of thioether (sulfide) groups is 1. The lowest BCUT2D eigenvalue weighted by Crippen LogP contribution is -2.27. The number of esters is 1. The smallest absolute Gasteiger partial charge is 0.373 e. The van der Waals surface area contributed by atoms with Gasteiger partial charge in [-0.2, -0.15) is 0 Å². The molecule has 0 unspecified atom stereocenters. The van der Waals surface area contributed by atoms with Gasteiger partial charge in [0.05, 0.1) is 35.2 Å². The van der Waals surface area contributed by atoms with Crippen LogP contribution in [0.2, 0.25) is 0 Å². The van der Waals surface area contributed by atoms with Crippen LogP contribution in [-0.2, 0) is 22.7 Å². The van der Waals surface area contributed by atoms with Crippen molar-refractivity contribution in [3.05, 3.63) is 86.1 Å². The van der Waals surface area contributed by atoms with Crippen molar-refractivity contribution in [2.45, 2.75) is 20.1 Å². The number of carboxylic acid groups (broad SMARTS) is 1. The average Bonchev–Trinajstić information content (AvgIpc) is 3.48. The van der Waals surface area contributed by atoms with Crippen LogP contribution in [0.3, 0.4) is 0 Å². The number of methoxy groups -OCH3 is 1. The van der Waals surface area contributed by atoms with E-state index in [2.05, 4.69) is 20.7 Å². The molecular formula is C27H22BrNO9S. The SMILES string of the molecule is CCOc1cc(/C=C2/SC(=O)N(Cc3ccc(C(=O)OC)o3)C2=O)cc(Br)c1OCc1cccc(C(=O)O)c1. The van der Waals surface area contributed by atoms with Crippen molar-refractivity contribution >= 4 is 56.9 Å². The van der Waals surface area contributed by atoms with E-state index >= 15 is 0 Å². The lowest BCUT2D eigenvalue weighted by molar-refractivity contribution is -0.123. The standard InChI is InChI=1S/C27H22BrNO9S/c1-3-36-21-11-16(10-19(28)23(21)37-14-15-5-4-6-17(9-15)25(31)32)12-22-24(30)29(27(34)39-22)13-18-7-8-20(38-18)26(33)35-2/h4-12H,3,13-14H2,1-2H3,(H,31,32)/b22-12+. The number of aromatic carboxylic acids is 1. The highest BCUT2D eigenvalue weighted by atomic mass is 79.9. The van der Waals surface area contributed by atoms with E-state index in [0.717, 1.165) is 16.7 Å². The van der Waals surface area contributed by atoms with Crippen molar-refractivity contribution in [3.63, 3.8) is 0 Å². The van der Waals surface area contributed by atoms with Gasteiger partial charge in [-0.3, -0.25) is 14.5 Å². The van der Waals surface area contributed by atoms with Gasteiger partial charge in [0.2, 0.25) is 5.76 Å². The van der Waals surface area contributed by atoms with E-state index in [1.165, 1.54) is 31.4 Å². The number of carbonyl (C=O) groups is 4. The summed E-state index contributed by atoms with van der Waals surface area (Å²) in [5.74, 6) is -1.16. The number of halogens is 1. The van der Waals surface area contributed by atoms with Crippen LogP contribution in [0.25, 0.3) is 6.08 Å². The van der Waals surface area contributed by atoms with Crippen LogP contribution in [-0.4, -0.2) is 46.8 Å². The van der Waals surface area contributed by atoms with Crippen molar-refractivity contribution in [1.29, 1.82) is 0 Å². The molecule has 0 radical (unpaired) electrons. The van der Waals surface area contributed by atoms with E-state index in [9.17, 15) is 24.3 Å². The summed E-state index contributed by atoms with van der Waals surface area (Å²) in [6.45, 7) is 2.12. The number of furan rings is 1. The molecule has 4 rings (SSSR count). The molecule has 1 aliphatic heterocycles. The summed E-state index contributed by atoms with van der Waals surface area (Å²) >= 11 is 4.27. The number of hydrogen-bond acceptors (Lipinski definition) is 9. The number of benzene rings is 2. The molecule has 2 aromatic carbocycles. The zero-order valence-corrected chi connectivity index (χ0v) is 23.2. The molecule has 2 amide bonds. The van der Waals surface area contributed by atoms with Gasteiger partial charge >= 0.3 is 11.9 Å². The third kappa shape index (κ3) is 6.52. The highest BCUT2D eigenvalue weighted by molar-refractivity contribution is 9.10. The third-order valence-corrected chi connectivity index (χ3v) is 6.92. The molecular weight excluding hydrogens is 594 g/mol. The van der Waals surface area contributed by atoms with Crippen molar-refractivity contribution in [3.8, 4) is 11.5 Å². The minimum Gasteiger partial charge on any atom is -0.490 e. The Morgan fingerprint density at radius 2 is 1.92 bits per heavy atom. The molecule has 1 saturated heterocycles. The Hall–Kier alpha value is -4.03. The van der Waals surface area contributed by atoms with E-state index < -0.39 is 23.1 Å². The fourth-order valence-corrected chi connectivity index (χ4v) is 5.05. The van der Waals surface area contributed by atoms with E-state index in [0.29, 0.717) is 33.7 Å². The number of nitrogens with zero attached hydrogens (tertiary/aromatic N) is 1. The zero-order chi connectivity index (χ0) is 28.1. The van der Waals surface area contributed by atoms with Crippen LogP contribution in [0, 0.1) is 0 Å². The van der Waals surface area contributed by atoms with Gasteiger partial charge in [-0.05, 0) is 88.2 Å². The summed E-state index contributed by atoms with van der Waals surface area (Å²) < 4.78 is 22.2. The second-order valence-corrected chi connectivity index (χ2v) is 9.93. The quantitative estimate of drug-likeness (QED) is 0.222. The Morgan fingerprint density at radius 3 is 2.64 bits per heavy atom. The molecule has 0 spiro atoms. The van der Waals surface area contributed by atoms with E-state index in [1.54, 1.807) is 30.3 Å². The van der Waals surface area contributed by atoms with Crippen LogP contribution >= 0.6 is 27.7 Å². The molecule has 0 atom stereocenters. The minimum atomic E-state index is -1.03. The topological polar surface area (TPSA) is 133 Å². The predicted octanol–water partition coefficient (Wildman–Crippen LogP) is 5.74. The molecule has 1 fully saturated rings. The van der Waals surface area contributed by atoms with Gasteiger partial charge < -0.3 is 23.7 Å². The number of carbonyl (C=O) groups excluding carboxylic acids is 3. The maximum Gasteiger partial charge on any atom is 0.373 e. The third-order valence-electron chi connectivity index (χ3n) is 5.42. The first-order valence-electron chi connectivity index (χ1n) is 11.5. The molecule has 1 N–H and O–H groups in total. The molecule has 12 heteroatoms. The number of amides is 2. The Balaban J connectivity index is 1.53. The van der Waals surface area contributed by atoms with Crippen molar-refractivity contribution < 1.29 is 42.9 Å². The number of hydrogen-bond donors (Lipinski definition) is 1. The highest BCUT2D eigenvalue weighted by Gasteiger charge is 2.36.